The average Bonchev–Trinajstić information content (AvgIpc) is 2.71. The van der Waals surface area contributed by atoms with Gasteiger partial charge in [-0.2, -0.15) is 0 Å². The number of nitrogens with one attached hydrogen (secondary N) is 1. The second-order valence-electron chi connectivity index (χ2n) is 4.39. The van der Waals surface area contributed by atoms with Crippen LogP contribution in [0, 0.1) is 11.2 Å². The Kier molecular flexibility index (Phi) is 3.03. The van der Waals surface area contributed by atoms with Crippen LogP contribution < -0.4 is 5.32 Å². The molecule has 15 heavy (non-hydrogen) atoms. The van der Waals surface area contributed by atoms with E-state index in [-0.39, 0.29) is 17.8 Å². The summed E-state index contributed by atoms with van der Waals surface area (Å²) in [6.07, 6.45) is 1.80. The molecule has 1 aromatic carbocycles. The van der Waals surface area contributed by atoms with Crippen molar-refractivity contribution in [1.82, 2.24) is 5.32 Å². The van der Waals surface area contributed by atoms with Gasteiger partial charge in [-0.05, 0) is 37.1 Å². The van der Waals surface area contributed by atoms with Crippen molar-refractivity contribution in [3.8, 4) is 0 Å². The van der Waals surface area contributed by atoms with Gasteiger partial charge >= 0.3 is 0 Å². The van der Waals surface area contributed by atoms with Crippen LogP contribution in [0.2, 0.25) is 0 Å². The normalized spacial score (nSPS) is 25.7. The summed E-state index contributed by atoms with van der Waals surface area (Å²) in [6.45, 7) is 2.00. The van der Waals surface area contributed by atoms with Crippen LogP contribution in [0.4, 0.5) is 4.39 Å². The highest BCUT2D eigenvalue weighted by atomic mass is 19.1. The third kappa shape index (κ3) is 2.36. The molecule has 1 aromatic rings. The molecule has 0 radical (unpaired) electrons. The summed E-state index contributed by atoms with van der Waals surface area (Å²) < 4.78 is 12.7. The first-order chi connectivity index (χ1) is 7.24. The fraction of sp³-hybridized carbons (Fsp3) is 0.500. The molecule has 1 fully saturated rings. The maximum Gasteiger partial charge on any atom is 0.123 e. The lowest BCUT2D eigenvalue weighted by Crippen LogP contribution is -2.30. The minimum atomic E-state index is -0.207. The number of aliphatic hydroxyl groups excluding tert-OH is 1. The molecule has 2 nitrogen and oxygen atoms in total. The number of hydrogen-bond acceptors (Lipinski definition) is 2. The Labute approximate surface area is 89.1 Å². The summed E-state index contributed by atoms with van der Waals surface area (Å²) in [5.41, 5.74) is 1.05. The van der Waals surface area contributed by atoms with E-state index < -0.39 is 0 Å². The second kappa shape index (κ2) is 4.29. The smallest absolute Gasteiger partial charge is 0.123 e. The first kappa shape index (κ1) is 10.6. The van der Waals surface area contributed by atoms with Crippen molar-refractivity contribution in [2.45, 2.75) is 12.8 Å². The van der Waals surface area contributed by atoms with E-state index in [0.29, 0.717) is 0 Å². The topological polar surface area (TPSA) is 32.3 Å². The quantitative estimate of drug-likeness (QED) is 0.787. The Morgan fingerprint density at radius 3 is 2.60 bits per heavy atom. The van der Waals surface area contributed by atoms with Crippen molar-refractivity contribution in [1.29, 1.82) is 0 Å². The minimum Gasteiger partial charge on any atom is -0.396 e. The minimum absolute atomic E-state index is 0.0438. The van der Waals surface area contributed by atoms with E-state index in [0.717, 1.165) is 31.5 Å². The third-order valence-corrected chi connectivity index (χ3v) is 3.16. The van der Waals surface area contributed by atoms with Crippen molar-refractivity contribution in [2.75, 3.05) is 19.7 Å². The predicted octanol–water partition coefficient (Wildman–Crippen LogP) is 1.34. The molecule has 1 atom stereocenters. The zero-order valence-corrected chi connectivity index (χ0v) is 8.67. The van der Waals surface area contributed by atoms with E-state index in [1.54, 1.807) is 12.1 Å². The van der Waals surface area contributed by atoms with Crippen LogP contribution >= 0.6 is 0 Å². The van der Waals surface area contributed by atoms with Crippen LogP contribution in [0.5, 0.6) is 0 Å². The van der Waals surface area contributed by atoms with Crippen molar-refractivity contribution in [2.24, 2.45) is 5.41 Å². The van der Waals surface area contributed by atoms with Gasteiger partial charge in [-0.3, -0.25) is 0 Å². The summed E-state index contributed by atoms with van der Waals surface area (Å²) in [4.78, 5) is 0. The van der Waals surface area contributed by atoms with E-state index in [4.69, 9.17) is 0 Å². The molecule has 0 unspecified atom stereocenters. The Bertz CT molecular complexity index is 317. The van der Waals surface area contributed by atoms with Gasteiger partial charge in [0.1, 0.15) is 5.82 Å². The van der Waals surface area contributed by atoms with Crippen molar-refractivity contribution < 1.29 is 9.50 Å². The first-order valence-electron chi connectivity index (χ1n) is 5.30. The van der Waals surface area contributed by atoms with Crippen LogP contribution in [0.25, 0.3) is 0 Å². The molecule has 1 aliphatic heterocycles. The van der Waals surface area contributed by atoms with Gasteiger partial charge in [0, 0.05) is 12.0 Å². The molecule has 1 saturated heterocycles. The summed E-state index contributed by atoms with van der Waals surface area (Å²) in [6, 6.07) is 6.54. The molecule has 1 heterocycles. The molecule has 0 aliphatic carbocycles. The van der Waals surface area contributed by atoms with E-state index in [1.807, 2.05) is 0 Å². The van der Waals surface area contributed by atoms with Gasteiger partial charge in [0.2, 0.25) is 0 Å². The zero-order valence-electron chi connectivity index (χ0n) is 8.67. The van der Waals surface area contributed by atoms with E-state index in [2.05, 4.69) is 5.32 Å². The van der Waals surface area contributed by atoms with Crippen molar-refractivity contribution in [3.05, 3.63) is 35.6 Å². The fourth-order valence-electron chi connectivity index (χ4n) is 2.17. The average molecular weight is 209 g/mol. The maximum atomic E-state index is 12.7. The summed E-state index contributed by atoms with van der Waals surface area (Å²) in [5, 5.41) is 12.7. The molecule has 0 bridgehead atoms. The second-order valence-corrected chi connectivity index (χ2v) is 4.39. The van der Waals surface area contributed by atoms with E-state index in [9.17, 15) is 9.50 Å². The van der Waals surface area contributed by atoms with Crippen molar-refractivity contribution >= 4 is 0 Å². The van der Waals surface area contributed by atoms with E-state index >= 15 is 0 Å². The summed E-state index contributed by atoms with van der Waals surface area (Å²) in [7, 11) is 0. The van der Waals surface area contributed by atoms with Gasteiger partial charge in [-0.15, -0.1) is 0 Å². The lowest BCUT2D eigenvalue weighted by molar-refractivity contribution is 0.143. The molecule has 3 heteroatoms. The molecule has 0 aromatic heterocycles. The molecule has 0 spiro atoms. The monoisotopic (exact) mass is 209 g/mol. The van der Waals surface area contributed by atoms with Gasteiger partial charge < -0.3 is 10.4 Å². The number of benzene rings is 1. The highest BCUT2D eigenvalue weighted by Crippen LogP contribution is 2.29. The van der Waals surface area contributed by atoms with E-state index in [1.165, 1.54) is 12.1 Å². The standard InChI is InChI=1S/C12H16FNO/c13-11-3-1-10(2-4-11)7-12(9-15)5-6-14-8-12/h1-4,14-15H,5-9H2/t12-/m0/s1. The lowest BCUT2D eigenvalue weighted by Gasteiger charge is -2.25. The molecule has 82 valence electrons. The molecule has 1 aliphatic rings. The Hall–Kier alpha value is -0.930. The van der Waals surface area contributed by atoms with Gasteiger partial charge in [0.25, 0.3) is 0 Å². The molecule has 0 saturated carbocycles. The molecule has 0 amide bonds. The van der Waals surface area contributed by atoms with Gasteiger partial charge in [-0.1, -0.05) is 12.1 Å². The van der Waals surface area contributed by atoms with Gasteiger partial charge in [0.05, 0.1) is 6.61 Å². The first-order valence-corrected chi connectivity index (χ1v) is 5.30. The maximum absolute atomic E-state index is 12.7. The Morgan fingerprint density at radius 2 is 2.07 bits per heavy atom. The number of halogens is 1. The Balaban J connectivity index is 2.09. The van der Waals surface area contributed by atoms with Crippen LogP contribution in [-0.4, -0.2) is 24.8 Å². The lowest BCUT2D eigenvalue weighted by atomic mass is 9.82. The number of hydrogen-bond donors (Lipinski definition) is 2. The molecular formula is C12H16FNO. The van der Waals surface area contributed by atoms with Crippen LogP contribution in [0.3, 0.4) is 0 Å². The highest BCUT2D eigenvalue weighted by molar-refractivity contribution is 5.18. The molecule has 2 rings (SSSR count). The van der Waals surface area contributed by atoms with Crippen LogP contribution in [0.1, 0.15) is 12.0 Å². The zero-order chi connectivity index (χ0) is 10.7. The number of aliphatic hydroxyl groups is 1. The van der Waals surface area contributed by atoms with Crippen LogP contribution in [0.15, 0.2) is 24.3 Å². The Morgan fingerprint density at radius 1 is 1.33 bits per heavy atom. The van der Waals surface area contributed by atoms with Crippen LogP contribution in [-0.2, 0) is 6.42 Å². The van der Waals surface area contributed by atoms with Gasteiger partial charge in [0.15, 0.2) is 0 Å². The molecule has 2 N–H and O–H groups in total. The highest BCUT2D eigenvalue weighted by Gasteiger charge is 2.33. The fourth-order valence-corrected chi connectivity index (χ4v) is 2.17. The predicted molar refractivity (Wildman–Crippen MR) is 57.1 cm³/mol. The number of rotatable bonds is 3. The largest absolute Gasteiger partial charge is 0.396 e. The third-order valence-electron chi connectivity index (χ3n) is 3.16. The SMILES string of the molecule is OC[C@]1(Cc2ccc(F)cc2)CCNC1. The molecular weight excluding hydrogens is 193 g/mol. The summed E-state index contributed by atoms with van der Waals surface area (Å²) in [5.74, 6) is -0.207. The van der Waals surface area contributed by atoms with Gasteiger partial charge in [-0.25, -0.2) is 4.39 Å². The summed E-state index contributed by atoms with van der Waals surface area (Å²) >= 11 is 0. The van der Waals surface area contributed by atoms with Crippen molar-refractivity contribution in [3.63, 3.8) is 0 Å².